The Morgan fingerprint density at radius 3 is 2.86 bits per heavy atom. The molecule has 1 amide bonds. The van der Waals surface area contributed by atoms with Gasteiger partial charge in [0.2, 0.25) is 5.91 Å². The van der Waals surface area contributed by atoms with Crippen LogP contribution >= 0.6 is 15.9 Å². The molecular formula is C16H16BrN3O. The van der Waals surface area contributed by atoms with E-state index in [9.17, 15) is 4.79 Å². The zero-order valence-corrected chi connectivity index (χ0v) is 13.1. The predicted octanol–water partition coefficient (Wildman–Crippen LogP) is 3.58. The van der Waals surface area contributed by atoms with Gasteiger partial charge in [-0.1, -0.05) is 12.1 Å². The first kappa shape index (κ1) is 14.1. The first-order valence-corrected chi connectivity index (χ1v) is 7.77. The Kier molecular flexibility index (Phi) is 4.20. The number of carbonyl (C=O) groups is 1. The molecule has 1 aromatic heterocycles. The monoisotopic (exact) mass is 345 g/mol. The van der Waals surface area contributed by atoms with E-state index in [1.165, 1.54) is 0 Å². The second-order valence-corrected chi connectivity index (χ2v) is 5.82. The number of hydrogen-bond donors (Lipinski definition) is 1. The van der Waals surface area contributed by atoms with E-state index < -0.39 is 0 Å². The number of nitrogens with one attached hydrogen (secondary N) is 1. The lowest BCUT2D eigenvalue weighted by molar-refractivity contribution is -0.117. The highest BCUT2D eigenvalue weighted by Gasteiger charge is 2.21. The van der Waals surface area contributed by atoms with Crippen LogP contribution in [0.25, 0.3) is 0 Å². The Bertz CT molecular complexity index is 659. The molecule has 0 bridgehead atoms. The van der Waals surface area contributed by atoms with Gasteiger partial charge in [0.1, 0.15) is 4.60 Å². The van der Waals surface area contributed by atoms with Gasteiger partial charge in [-0.3, -0.25) is 4.79 Å². The molecular weight excluding hydrogens is 330 g/mol. The maximum atomic E-state index is 11.8. The molecule has 4 nitrogen and oxygen atoms in total. The first-order chi connectivity index (χ1) is 10.2. The summed E-state index contributed by atoms with van der Waals surface area (Å²) in [6, 6.07) is 13.8. The number of hydrogen-bond acceptors (Lipinski definition) is 3. The summed E-state index contributed by atoms with van der Waals surface area (Å²) in [5, 5.41) is 3.35. The van der Waals surface area contributed by atoms with Crippen molar-refractivity contribution in [3.63, 3.8) is 0 Å². The largest absolute Gasteiger partial charge is 0.379 e. The number of nitrogens with zero attached hydrogens (tertiary/aromatic N) is 2. The number of pyridine rings is 1. The van der Waals surface area contributed by atoms with Crippen LogP contribution in [0.5, 0.6) is 0 Å². The third kappa shape index (κ3) is 3.42. The van der Waals surface area contributed by atoms with E-state index in [0.29, 0.717) is 13.0 Å². The molecule has 21 heavy (non-hydrogen) atoms. The Balaban J connectivity index is 1.70. The van der Waals surface area contributed by atoms with Crippen LogP contribution in [-0.2, 0) is 11.3 Å². The van der Waals surface area contributed by atoms with Crippen molar-refractivity contribution in [2.75, 3.05) is 16.8 Å². The van der Waals surface area contributed by atoms with Crippen LogP contribution in [0.1, 0.15) is 18.5 Å². The highest BCUT2D eigenvalue weighted by Crippen LogP contribution is 2.24. The quantitative estimate of drug-likeness (QED) is 0.861. The molecule has 1 saturated heterocycles. The van der Waals surface area contributed by atoms with Gasteiger partial charge in [0.05, 0.1) is 12.2 Å². The maximum Gasteiger partial charge on any atom is 0.227 e. The number of benzene rings is 1. The van der Waals surface area contributed by atoms with Gasteiger partial charge in [0, 0.05) is 24.3 Å². The number of amides is 1. The molecule has 1 aromatic carbocycles. The Morgan fingerprint density at radius 2 is 2.10 bits per heavy atom. The smallest absolute Gasteiger partial charge is 0.227 e. The van der Waals surface area contributed by atoms with E-state index in [1.807, 2.05) is 47.4 Å². The third-order valence-electron chi connectivity index (χ3n) is 3.48. The Labute approximate surface area is 132 Å². The maximum absolute atomic E-state index is 11.8. The summed E-state index contributed by atoms with van der Waals surface area (Å²) < 4.78 is 0.832. The second-order valence-electron chi connectivity index (χ2n) is 5.00. The molecule has 2 aromatic rings. The van der Waals surface area contributed by atoms with E-state index in [0.717, 1.165) is 34.6 Å². The SMILES string of the molecule is O=C1CCCN1c1cccc(NCc2cccc(Br)n2)c1. The molecule has 1 fully saturated rings. The lowest BCUT2D eigenvalue weighted by Crippen LogP contribution is -2.23. The zero-order chi connectivity index (χ0) is 14.7. The molecule has 3 rings (SSSR count). The summed E-state index contributed by atoms with van der Waals surface area (Å²) in [4.78, 5) is 18.0. The molecule has 0 aliphatic carbocycles. The molecule has 1 aliphatic heterocycles. The molecule has 0 unspecified atom stereocenters. The van der Waals surface area contributed by atoms with Gasteiger partial charge in [-0.25, -0.2) is 4.98 Å². The summed E-state index contributed by atoms with van der Waals surface area (Å²) >= 11 is 3.37. The molecule has 1 N–H and O–H groups in total. The van der Waals surface area contributed by atoms with Crippen molar-refractivity contribution < 1.29 is 4.79 Å². The molecule has 108 valence electrons. The average Bonchev–Trinajstić information content (AvgIpc) is 2.92. The molecule has 0 saturated carbocycles. The van der Waals surface area contributed by atoms with Crippen LogP contribution < -0.4 is 10.2 Å². The van der Waals surface area contributed by atoms with Gasteiger partial charge in [-0.05, 0) is 52.7 Å². The highest BCUT2D eigenvalue weighted by atomic mass is 79.9. The van der Waals surface area contributed by atoms with E-state index >= 15 is 0 Å². The molecule has 0 atom stereocenters. The zero-order valence-electron chi connectivity index (χ0n) is 11.6. The molecule has 0 radical (unpaired) electrons. The average molecular weight is 346 g/mol. The van der Waals surface area contributed by atoms with Crippen molar-refractivity contribution in [1.29, 1.82) is 0 Å². The minimum absolute atomic E-state index is 0.209. The summed E-state index contributed by atoms with van der Waals surface area (Å²) in [6.45, 7) is 1.46. The standard InChI is InChI=1S/C16H16BrN3O/c17-15-7-2-5-13(19-15)11-18-12-4-1-6-14(10-12)20-9-3-8-16(20)21/h1-2,4-7,10,18H,3,8-9,11H2. The minimum Gasteiger partial charge on any atom is -0.379 e. The van der Waals surface area contributed by atoms with Crippen LogP contribution in [0.4, 0.5) is 11.4 Å². The van der Waals surface area contributed by atoms with Crippen LogP contribution in [0.15, 0.2) is 47.1 Å². The number of carbonyl (C=O) groups excluding carboxylic acids is 1. The molecule has 2 heterocycles. The van der Waals surface area contributed by atoms with Crippen molar-refractivity contribution in [3.05, 3.63) is 52.8 Å². The van der Waals surface area contributed by atoms with Crippen molar-refractivity contribution >= 4 is 33.2 Å². The summed E-state index contributed by atoms with van der Waals surface area (Å²) in [5.74, 6) is 0.209. The number of halogens is 1. The number of aromatic nitrogens is 1. The van der Waals surface area contributed by atoms with Gasteiger partial charge < -0.3 is 10.2 Å². The van der Waals surface area contributed by atoms with E-state index in [2.05, 4.69) is 26.2 Å². The lowest BCUT2D eigenvalue weighted by Gasteiger charge is -2.17. The van der Waals surface area contributed by atoms with Crippen LogP contribution in [0.2, 0.25) is 0 Å². The van der Waals surface area contributed by atoms with Gasteiger partial charge in [-0.15, -0.1) is 0 Å². The topological polar surface area (TPSA) is 45.2 Å². The second kappa shape index (κ2) is 6.26. The predicted molar refractivity (Wildman–Crippen MR) is 87.3 cm³/mol. The van der Waals surface area contributed by atoms with E-state index in [4.69, 9.17) is 0 Å². The van der Waals surface area contributed by atoms with E-state index in [-0.39, 0.29) is 5.91 Å². The molecule has 5 heteroatoms. The van der Waals surface area contributed by atoms with Crippen molar-refractivity contribution in [3.8, 4) is 0 Å². The Morgan fingerprint density at radius 1 is 1.24 bits per heavy atom. The minimum atomic E-state index is 0.209. The van der Waals surface area contributed by atoms with Crippen molar-refractivity contribution in [1.82, 2.24) is 4.98 Å². The summed E-state index contributed by atoms with van der Waals surface area (Å²) in [5.41, 5.74) is 2.92. The highest BCUT2D eigenvalue weighted by molar-refractivity contribution is 9.10. The van der Waals surface area contributed by atoms with Crippen LogP contribution in [-0.4, -0.2) is 17.4 Å². The number of rotatable bonds is 4. The van der Waals surface area contributed by atoms with E-state index in [1.54, 1.807) is 0 Å². The van der Waals surface area contributed by atoms with Gasteiger partial charge in [0.25, 0.3) is 0 Å². The lowest BCUT2D eigenvalue weighted by atomic mass is 10.2. The molecule has 1 aliphatic rings. The Hall–Kier alpha value is -1.88. The summed E-state index contributed by atoms with van der Waals surface area (Å²) in [6.07, 6.45) is 1.60. The molecule has 0 spiro atoms. The normalized spacial score (nSPS) is 14.5. The van der Waals surface area contributed by atoms with Crippen LogP contribution in [0, 0.1) is 0 Å². The van der Waals surface area contributed by atoms with Crippen LogP contribution in [0.3, 0.4) is 0 Å². The fourth-order valence-electron chi connectivity index (χ4n) is 2.45. The van der Waals surface area contributed by atoms with Gasteiger partial charge in [-0.2, -0.15) is 0 Å². The number of anilines is 2. The van der Waals surface area contributed by atoms with Crippen molar-refractivity contribution in [2.24, 2.45) is 0 Å². The van der Waals surface area contributed by atoms with Gasteiger partial charge >= 0.3 is 0 Å². The van der Waals surface area contributed by atoms with Crippen molar-refractivity contribution in [2.45, 2.75) is 19.4 Å². The first-order valence-electron chi connectivity index (χ1n) is 6.98. The fraction of sp³-hybridized carbons (Fsp3) is 0.250. The third-order valence-corrected chi connectivity index (χ3v) is 3.92. The fourth-order valence-corrected chi connectivity index (χ4v) is 2.83. The van der Waals surface area contributed by atoms with Gasteiger partial charge in [0.15, 0.2) is 0 Å². The summed E-state index contributed by atoms with van der Waals surface area (Å²) in [7, 11) is 0.